The molecular formula is C8H16BF3N-. The number of rotatable bonds is 3. The zero-order valence-corrected chi connectivity index (χ0v) is 7.98. The maximum absolute atomic E-state index is 12.0. The fraction of sp³-hybridized carbons (Fsp3) is 1.00. The van der Waals surface area contributed by atoms with Gasteiger partial charge in [-0.3, -0.25) is 0 Å². The Hall–Kier alpha value is -0.185. The first-order valence-corrected chi connectivity index (χ1v) is 4.94. The van der Waals surface area contributed by atoms with Gasteiger partial charge in [0.2, 0.25) is 0 Å². The molecule has 0 atom stereocenters. The van der Waals surface area contributed by atoms with E-state index < -0.39 is 13.4 Å². The number of piperidine rings is 1. The Labute approximate surface area is 77.4 Å². The van der Waals surface area contributed by atoms with Crippen molar-refractivity contribution in [1.82, 2.24) is 4.90 Å². The maximum Gasteiger partial charge on any atom is 0.492 e. The molecule has 0 unspecified atom stereocenters. The number of hydrogen-bond donors (Lipinski definition) is 0. The van der Waals surface area contributed by atoms with Crippen molar-refractivity contribution in [3.05, 3.63) is 0 Å². The van der Waals surface area contributed by atoms with Crippen molar-refractivity contribution in [1.29, 1.82) is 0 Å². The predicted molar refractivity (Wildman–Crippen MR) is 48.5 cm³/mol. The van der Waals surface area contributed by atoms with E-state index in [0.29, 0.717) is 19.0 Å². The Morgan fingerprint density at radius 2 is 1.77 bits per heavy atom. The molecule has 13 heavy (non-hydrogen) atoms. The number of likely N-dealkylation sites (tertiary alicyclic amines) is 1. The largest absolute Gasteiger partial charge is 0.492 e. The van der Waals surface area contributed by atoms with E-state index in [1.807, 2.05) is 0 Å². The topological polar surface area (TPSA) is 3.24 Å². The second-order valence-electron chi connectivity index (χ2n) is 3.86. The van der Waals surface area contributed by atoms with Gasteiger partial charge in [-0.1, -0.05) is 13.3 Å². The van der Waals surface area contributed by atoms with Crippen LogP contribution in [-0.2, 0) is 0 Å². The summed E-state index contributed by atoms with van der Waals surface area (Å²) in [6, 6.07) is 0. The molecule has 1 saturated heterocycles. The van der Waals surface area contributed by atoms with Crippen LogP contribution in [0.25, 0.3) is 0 Å². The van der Waals surface area contributed by atoms with Crippen LogP contribution < -0.4 is 0 Å². The summed E-state index contributed by atoms with van der Waals surface area (Å²) in [5.74, 6) is 0.650. The summed E-state index contributed by atoms with van der Waals surface area (Å²) in [6.07, 6.45) is 2.30. The Balaban J connectivity index is 2.25. The first kappa shape index (κ1) is 10.9. The molecule has 0 radical (unpaired) electrons. The van der Waals surface area contributed by atoms with E-state index in [9.17, 15) is 12.9 Å². The first-order valence-electron chi connectivity index (χ1n) is 4.94. The number of halogens is 3. The van der Waals surface area contributed by atoms with Crippen LogP contribution >= 0.6 is 0 Å². The van der Waals surface area contributed by atoms with Crippen molar-refractivity contribution in [2.75, 3.05) is 19.5 Å². The van der Waals surface area contributed by atoms with Gasteiger partial charge in [0.15, 0.2) is 0 Å². The smallest absolute Gasteiger partial charge is 0.448 e. The highest BCUT2D eigenvalue weighted by atomic mass is 19.4. The van der Waals surface area contributed by atoms with Crippen molar-refractivity contribution in [3.63, 3.8) is 0 Å². The summed E-state index contributed by atoms with van der Waals surface area (Å²) < 4.78 is 36.1. The minimum atomic E-state index is -4.62. The Bertz CT molecular complexity index is 152. The highest BCUT2D eigenvalue weighted by Gasteiger charge is 2.28. The molecule has 0 spiro atoms. The SMILES string of the molecule is CCC1CCN(C[B-](F)(F)F)CC1. The van der Waals surface area contributed by atoms with Crippen LogP contribution in [0.3, 0.4) is 0 Å². The molecule has 0 aromatic carbocycles. The standard InChI is InChI=1S/C8H16BF3N/c1-2-8-3-5-13(6-4-8)7-9(10,11)12/h8H,2-7H2,1H3/q-1. The molecule has 0 aromatic heterocycles. The van der Waals surface area contributed by atoms with Gasteiger partial charge >= 0.3 is 6.98 Å². The summed E-state index contributed by atoms with van der Waals surface area (Å²) in [4.78, 5) is 1.53. The van der Waals surface area contributed by atoms with Crippen LogP contribution in [0.1, 0.15) is 26.2 Å². The Kier molecular flexibility index (Phi) is 3.65. The van der Waals surface area contributed by atoms with Gasteiger partial charge in [0.05, 0.1) is 0 Å². The lowest BCUT2D eigenvalue weighted by molar-refractivity contribution is 0.190. The second-order valence-corrected chi connectivity index (χ2v) is 3.86. The monoisotopic (exact) mass is 194 g/mol. The molecule has 0 amide bonds. The molecule has 0 N–H and O–H groups in total. The average Bonchev–Trinajstić information content (AvgIpc) is 2.03. The van der Waals surface area contributed by atoms with E-state index in [0.717, 1.165) is 19.3 Å². The van der Waals surface area contributed by atoms with Gasteiger partial charge in [-0.2, -0.15) is 0 Å². The van der Waals surface area contributed by atoms with Crippen molar-refractivity contribution in [2.24, 2.45) is 5.92 Å². The second kappa shape index (κ2) is 4.35. The molecule has 1 nitrogen and oxygen atoms in total. The molecule has 78 valence electrons. The third-order valence-electron chi connectivity index (χ3n) is 2.75. The fourth-order valence-electron chi connectivity index (χ4n) is 1.87. The normalized spacial score (nSPS) is 22.2. The maximum atomic E-state index is 12.0. The van der Waals surface area contributed by atoms with Gasteiger partial charge in [0.1, 0.15) is 0 Å². The molecule has 0 bridgehead atoms. The molecule has 5 heteroatoms. The highest BCUT2D eigenvalue weighted by Crippen LogP contribution is 2.21. The van der Waals surface area contributed by atoms with Crippen LogP contribution in [0.15, 0.2) is 0 Å². The van der Waals surface area contributed by atoms with Crippen molar-refractivity contribution < 1.29 is 12.9 Å². The lowest BCUT2D eigenvalue weighted by Crippen LogP contribution is -2.42. The zero-order chi connectivity index (χ0) is 9.90. The molecule has 1 heterocycles. The van der Waals surface area contributed by atoms with E-state index in [-0.39, 0.29) is 0 Å². The van der Waals surface area contributed by atoms with Crippen LogP contribution in [0, 0.1) is 5.92 Å². The number of nitrogens with zero attached hydrogens (tertiary/aromatic N) is 1. The molecular weight excluding hydrogens is 178 g/mol. The summed E-state index contributed by atoms with van der Waals surface area (Å²) in [6.45, 7) is -1.27. The molecule has 1 rings (SSSR count). The fourth-order valence-corrected chi connectivity index (χ4v) is 1.87. The molecule has 0 aromatic rings. The third-order valence-corrected chi connectivity index (χ3v) is 2.75. The first-order chi connectivity index (χ1) is 6.01. The molecule has 1 aliphatic rings. The van der Waals surface area contributed by atoms with Crippen LogP contribution in [-0.4, -0.2) is 31.4 Å². The quantitative estimate of drug-likeness (QED) is 0.624. The van der Waals surface area contributed by atoms with Gasteiger partial charge in [0.25, 0.3) is 0 Å². The van der Waals surface area contributed by atoms with E-state index in [1.54, 1.807) is 0 Å². The molecule has 0 saturated carbocycles. The Morgan fingerprint density at radius 3 is 2.15 bits per heavy atom. The van der Waals surface area contributed by atoms with Crippen LogP contribution in [0.5, 0.6) is 0 Å². The van der Waals surface area contributed by atoms with Crippen molar-refractivity contribution >= 4 is 6.98 Å². The van der Waals surface area contributed by atoms with E-state index in [2.05, 4.69) is 6.92 Å². The summed E-state index contributed by atoms with van der Waals surface area (Å²) in [5, 5.41) is 0. The molecule has 0 aliphatic carbocycles. The highest BCUT2D eigenvalue weighted by molar-refractivity contribution is 6.58. The van der Waals surface area contributed by atoms with Gasteiger partial charge in [-0.25, -0.2) is 0 Å². The van der Waals surface area contributed by atoms with E-state index >= 15 is 0 Å². The summed E-state index contributed by atoms with van der Waals surface area (Å²) in [7, 11) is 0. The van der Waals surface area contributed by atoms with Crippen molar-refractivity contribution in [3.8, 4) is 0 Å². The lowest BCUT2D eigenvalue weighted by atomic mass is 9.87. The summed E-state index contributed by atoms with van der Waals surface area (Å²) >= 11 is 0. The van der Waals surface area contributed by atoms with Gasteiger partial charge < -0.3 is 17.8 Å². The molecule has 1 aliphatic heterocycles. The molecule has 1 fully saturated rings. The minimum Gasteiger partial charge on any atom is -0.448 e. The van der Waals surface area contributed by atoms with Gasteiger partial charge in [-0.05, 0) is 38.3 Å². The lowest BCUT2D eigenvalue weighted by Gasteiger charge is -2.34. The predicted octanol–water partition coefficient (Wildman–Crippen LogP) is 2.50. The van der Waals surface area contributed by atoms with Crippen LogP contribution in [0.4, 0.5) is 12.9 Å². The minimum absolute atomic E-state index is 0.625. The van der Waals surface area contributed by atoms with E-state index in [4.69, 9.17) is 0 Å². The van der Waals surface area contributed by atoms with Gasteiger partial charge in [-0.15, -0.1) is 0 Å². The Morgan fingerprint density at radius 1 is 1.23 bits per heavy atom. The van der Waals surface area contributed by atoms with Crippen LogP contribution in [0.2, 0.25) is 0 Å². The third kappa shape index (κ3) is 4.03. The zero-order valence-electron chi connectivity index (χ0n) is 7.98. The summed E-state index contributed by atoms with van der Waals surface area (Å²) in [5.41, 5.74) is 0. The van der Waals surface area contributed by atoms with Gasteiger partial charge in [0, 0.05) is 0 Å². The van der Waals surface area contributed by atoms with Crippen molar-refractivity contribution in [2.45, 2.75) is 26.2 Å². The average molecular weight is 194 g/mol. The number of hydrogen-bond acceptors (Lipinski definition) is 1. The van der Waals surface area contributed by atoms with E-state index in [1.165, 1.54) is 4.90 Å².